The fourth-order valence-corrected chi connectivity index (χ4v) is 3.08. The highest BCUT2D eigenvalue weighted by Gasteiger charge is 2.27. The summed E-state index contributed by atoms with van der Waals surface area (Å²) in [6.45, 7) is 4.78. The highest BCUT2D eigenvalue weighted by Crippen LogP contribution is 2.13. The van der Waals surface area contributed by atoms with Crippen molar-refractivity contribution in [3.05, 3.63) is 0 Å². The Hall–Kier alpha value is -1.19. The Kier molecular flexibility index (Phi) is 6.56. The second kappa shape index (κ2) is 7.71. The number of hydrogen-bond acceptors (Lipinski definition) is 5. The standard InChI is InChI=1S/C12H24N4O4S/c1-4-13-12(18)15-11(17)9(2)14-10-5-7-16(8-6-10)21(3,19)20/h9-10,14H,4-8H2,1-3H3,(H2,13,15,17,18). The zero-order valence-electron chi connectivity index (χ0n) is 12.7. The number of rotatable bonds is 5. The minimum atomic E-state index is -3.14. The Morgan fingerprint density at radius 1 is 1.29 bits per heavy atom. The molecule has 1 fully saturated rings. The summed E-state index contributed by atoms with van der Waals surface area (Å²) in [5.41, 5.74) is 0. The van der Waals surface area contributed by atoms with Crippen molar-refractivity contribution in [2.45, 2.75) is 38.8 Å². The Labute approximate surface area is 125 Å². The van der Waals surface area contributed by atoms with Crippen LogP contribution < -0.4 is 16.0 Å². The smallest absolute Gasteiger partial charge is 0.321 e. The average molecular weight is 320 g/mol. The first-order valence-corrected chi connectivity index (χ1v) is 8.88. The lowest BCUT2D eigenvalue weighted by atomic mass is 10.1. The summed E-state index contributed by atoms with van der Waals surface area (Å²) in [5.74, 6) is -0.397. The van der Waals surface area contributed by atoms with Gasteiger partial charge in [-0.15, -0.1) is 0 Å². The van der Waals surface area contributed by atoms with E-state index in [0.717, 1.165) is 0 Å². The van der Waals surface area contributed by atoms with Crippen molar-refractivity contribution >= 4 is 22.0 Å². The van der Waals surface area contributed by atoms with Gasteiger partial charge in [0.25, 0.3) is 0 Å². The van der Waals surface area contributed by atoms with Crippen molar-refractivity contribution in [1.29, 1.82) is 0 Å². The van der Waals surface area contributed by atoms with Gasteiger partial charge in [0, 0.05) is 25.7 Å². The molecule has 8 nitrogen and oxygen atoms in total. The van der Waals surface area contributed by atoms with Crippen LogP contribution in [0.5, 0.6) is 0 Å². The lowest BCUT2D eigenvalue weighted by molar-refractivity contribution is -0.121. The van der Waals surface area contributed by atoms with Crippen LogP contribution in [0.15, 0.2) is 0 Å². The van der Waals surface area contributed by atoms with E-state index in [1.165, 1.54) is 10.6 Å². The fourth-order valence-electron chi connectivity index (χ4n) is 2.21. The Balaban J connectivity index is 2.38. The predicted octanol–water partition coefficient (Wildman–Crippen LogP) is -0.766. The third-order valence-electron chi connectivity index (χ3n) is 3.38. The van der Waals surface area contributed by atoms with Crippen molar-refractivity contribution in [2.75, 3.05) is 25.9 Å². The molecule has 0 bridgehead atoms. The van der Waals surface area contributed by atoms with Gasteiger partial charge in [-0.25, -0.2) is 17.5 Å². The van der Waals surface area contributed by atoms with Crippen LogP contribution in [0.2, 0.25) is 0 Å². The Morgan fingerprint density at radius 2 is 1.86 bits per heavy atom. The lowest BCUT2D eigenvalue weighted by Crippen LogP contribution is -2.53. The van der Waals surface area contributed by atoms with Crippen LogP contribution in [-0.4, -0.2) is 62.6 Å². The van der Waals surface area contributed by atoms with Crippen LogP contribution in [0, 0.1) is 0 Å². The summed E-state index contributed by atoms with van der Waals surface area (Å²) in [6.07, 6.45) is 2.49. The van der Waals surface area contributed by atoms with Crippen molar-refractivity contribution in [1.82, 2.24) is 20.3 Å². The Morgan fingerprint density at radius 3 is 2.33 bits per heavy atom. The molecule has 122 valence electrons. The largest absolute Gasteiger partial charge is 0.338 e. The summed E-state index contributed by atoms with van der Waals surface area (Å²) >= 11 is 0. The van der Waals surface area contributed by atoms with Gasteiger partial charge >= 0.3 is 6.03 Å². The van der Waals surface area contributed by atoms with E-state index in [1.807, 2.05) is 0 Å². The SMILES string of the molecule is CCNC(=O)NC(=O)C(C)NC1CCN(S(C)(=O)=O)CC1. The molecular weight excluding hydrogens is 296 g/mol. The number of nitrogens with one attached hydrogen (secondary N) is 3. The molecule has 1 rings (SSSR count). The molecule has 0 aromatic rings. The number of amides is 3. The minimum absolute atomic E-state index is 0.0676. The highest BCUT2D eigenvalue weighted by atomic mass is 32.2. The number of sulfonamides is 1. The topological polar surface area (TPSA) is 108 Å². The zero-order chi connectivity index (χ0) is 16.0. The van der Waals surface area contributed by atoms with E-state index in [0.29, 0.717) is 32.5 Å². The molecule has 9 heteroatoms. The highest BCUT2D eigenvalue weighted by molar-refractivity contribution is 7.88. The van der Waals surface area contributed by atoms with E-state index >= 15 is 0 Å². The maximum absolute atomic E-state index is 11.8. The number of urea groups is 1. The van der Waals surface area contributed by atoms with Crippen LogP contribution in [0.25, 0.3) is 0 Å². The molecule has 3 amide bonds. The number of nitrogens with zero attached hydrogens (tertiary/aromatic N) is 1. The first kappa shape index (κ1) is 17.9. The van der Waals surface area contributed by atoms with Gasteiger partial charge in [0.15, 0.2) is 0 Å². The Bertz CT molecular complexity index is 472. The van der Waals surface area contributed by atoms with E-state index in [4.69, 9.17) is 0 Å². The first-order valence-electron chi connectivity index (χ1n) is 7.04. The molecule has 1 aliphatic rings. The van der Waals surface area contributed by atoms with Gasteiger partial charge in [0.1, 0.15) is 0 Å². The summed E-state index contributed by atoms with van der Waals surface area (Å²) in [7, 11) is -3.14. The molecule has 0 radical (unpaired) electrons. The predicted molar refractivity (Wildman–Crippen MR) is 79.3 cm³/mol. The molecule has 0 spiro atoms. The van der Waals surface area contributed by atoms with Gasteiger partial charge in [-0.2, -0.15) is 0 Å². The molecule has 0 aromatic heterocycles. The van der Waals surface area contributed by atoms with Gasteiger partial charge in [-0.05, 0) is 26.7 Å². The number of carbonyl (C=O) groups is 2. The summed E-state index contributed by atoms with van der Waals surface area (Å²) < 4.78 is 24.2. The molecule has 21 heavy (non-hydrogen) atoms. The fraction of sp³-hybridized carbons (Fsp3) is 0.833. The van der Waals surface area contributed by atoms with Crippen LogP contribution in [0.3, 0.4) is 0 Å². The van der Waals surface area contributed by atoms with Gasteiger partial charge in [-0.1, -0.05) is 0 Å². The maximum Gasteiger partial charge on any atom is 0.321 e. The second-order valence-corrected chi connectivity index (χ2v) is 7.16. The van der Waals surface area contributed by atoms with Gasteiger partial charge in [0.05, 0.1) is 12.3 Å². The van der Waals surface area contributed by atoms with Crippen molar-refractivity contribution in [2.24, 2.45) is 0 Å². The first-order chi connectivity index (χ1) is 9.74. The van der Waals surface area contributed by atoms with E-state index in [9.17, 15) is 18.0 Å². The molecule has 1 heterocycles. The molecule has 0 aromatic carbocycles. The number of imide groups is 1. The van der Waals surface area contributed by atoms with Crippen LogP contribution >= 0.6 is 0 Å². The number of piperidine rings is 1. The van der Waals surface area contributed by atoms with Gasteiger partial charge < -0.3 is 10.6 Å². The third-order valence-corrected chi connectivity index (χ3v) is 4.68. The van der Waals surface area contributed by atoms with Crippen molar-refractivity contribution < 1.29 is 18.0 Å². The van der Waals surface area contributed by atoms with E-state index in [2.05, 4.69) is 16.0 Å². The molecule has 1 atom stereocenters. The molecule has 3 N–H and O–H groups in total. The molecule has 1 unspecified atom stereocenters. The van der Waals surface area contributed by atoms with Gasteiger partial charge in [0.2, 0.25) is 15.9 Å². The minimum Gasteiger partial charge on any atom is -0.338 e. The third kappa shape index (κ3) is 5.98. The van der Waals surface area contributed by atoms with E-state index in [1.54, 1.807) is 13.8 Å². The molecule has 0 aliphatic carbocycles. The molecular formula is C12H24N4O4S. The van der Waals surface area contributed by atoms with E-state index in [-0.39, 0.29) is 6.04 Å². The normalized spacial score (nSPS) is 19.0. The van der Waals surface area contributed by atoms with Crippen LogP contribution in [-0.2, 0) is 14.8 Å². The lowest BCUT2D eigenvalue weighted by Gasteiger charge is -2.32. The number of hydrogen-bond donors (Lipinski definition) is 3. The monoisotopic (exact) mass is 320 g/mol. The molecule has 0 saturated carbocycles. The van der Waals surface area contributed by atoms with E-state index < -0.39 is 28.0 Å². The summed E-state index contributed by atoms with van der Waals surface area (Å²) in [5, 5.41) is 7.86. The van der Waals surface area contributed by atoms with Crippen molar-refractivity contribution in [3.8, 4) is 0 Å². The second-order valence-electron chi connectivity index (χ2n) is 5.17. The molecule has 1 saturated heterocycles. The summed E-state index contributed by atoms with van der Waals surface area (Å²) in [6, 6.07) is -0.955. The zero-order valence-corrected chi connectivity index (χ0v) is 13.5. The average Bonchev–Trinajstić information content (AvgIpc) is 2.38. The molecule has 1 aliphatic heterocycles. The maximum atomic E-state index is 11.8. The van der Waals surface area contributed by atoms with Crippen LogP contribution in [0.1, 0.15) is 26.7 Å². The number of carbonyl (C=O) groups excluding carboxylic acids is 2. The van der Waals surface area contributed by atoms with Crippen LogP contribution in [0.4, 0.5) is 4.79 Å². The van der Waals surface area contributed by atoms with Gasteiger partial charge in [-0.3, -0.25) is 10.1 Å². The quantitative estimate of drug-likeness (QED) is 0.617. The summed E-state index contributed by atoms with van der Waals surface area (Å²) in [4.78, 5) is 23.0. The van der Waals surface area contributed by atoms with Crippen molar-refractivity contribution in [3.63, 3.8) is 0 Å².